The lowest BCUT2D eigenvalue weighted by Gasteiger charge is -2.07. The van der Waals surface area contributed by atoms with Gasteiger partial charge in [0.25, 0.3) is 5.69 Å². The molecule has 0 aromatic heterocycles. The maximum Gasteiger partial charge on any atom is 0.272 e. The summed E-state index contributed by atoms with van der Waals surface area (Å²) in [5.41, 5.74) is 0.838. The average molecular weight is 278 g/mol. The maximum atomic E-state index is 13.6. The van der Waals surface area contributed by atoms with Crippen LogP contribution >= 0.6 is 0 Å². The standard InChI is InChI=1S/C14H12F2N2O2/c15-11-3-1-10(2-4-11)7-8-17-14-6-5-12(18(19)20)9-13(14)16/h1-6,9,17H,7-8H2. The number of anilines is 1. The van der Waals surface area contributed by atoms with E-state index >= 15 is 0 Å². The van der Waals surface area contributed by atoms with Gasteiger partial charge >= 0.3 is 0 Å². The summed E-state index contributed by atoms with van der Waals surface area (Å²) < 4.78 is 26.3. The lowest BCUT2D eigenvalue weighted by Crippen LogP contribution is -2.06. The Morgan fingerprint density at radius 3 is 2.40 bits per heavy atom. The highest BCUT2D eigenvalue weighted by Crippen LogP contribution is 2.20. The van der Waals surface area contributed by atoms with Gasteiger partial charge in [-0.2, -0.15) is 0 Å². The van der Waals surface area contributed by atoms with E-state index < -0.39 is 10.7 Å². The van der Waals surface area contributed by atoms with E-state index in [-0.39, 0.29) is 17.2 Å². The molecule has 2 aromatic rings. The van der Waals surface area contributed by atoms with Crippen molar-refractivity contribution in [2.75, 3.05) is 11.9 Å². The summed E-state index contributed by atoms with van der Waals surface area (Å²) in [4.78, 5) is 9.83. The highest BCUT2D eigenvalue weighted by atomic mass is 19.1. The molecule has 6 heteroatoms. The van der Waals surface area contributed by atoms with E-state index in [1.165, 1.54) is 24.3 Å². The third-order valence-electron chi connectivity index (χ3n) is 2.81. The van der Waals surface area contributed by atoms with E-state index in [2.05, 4.69) is 5.32 Å². The van der Waals surface area contributed by atoms with Gasteiger partial charge in [-0.15, -0.1) is 0 Å². The lowest BCUT2D eigenvalue weighted by atomic mass is 10.1. The molecule has 0 bridgehead atoms. The van der Waals surface area contributed by atoms with Gasteiger partial charge in [0.2, 0.25) is 0 Å². The number of rotatable bonds is 5. The predicted octanol–water partition coefficient (Wildman–Crippen LogP) is 3.53. The van der Waals surface area contributed by atoms with Crippen molar-refractivity contribution in [2.45, 2.75) is 6.42 Å². The summed E-state index contributed by atoms with van der Waals surface area (Å²) in [5.74, 6) is -0.971. The van der Waals surface area contributed by atoms with E-state index in [4.69, 9.17) is 0 Å². The molecule has 20 heavy (non-hydrogen) atoms. The third kappa shape index (κ3) is 3.50. The summed E-state index contributed by atoms with van der Waals surface area (Å²) in [5, 5.41) is 13.3. The number of non-ortho nitro benzene ring substituents is 1. The second kappa shape index (κ2) is 6.10. The van der Waals surface area contributed by atoms with Crippen LogP contribution in [-0.2, 0) is 6.42 Å². The van der Waals surface area contributed by atoms with Crippen molar-refractivity contribution >= 4 is 11.4 Å². The Morgan fingerprint density at radius 2 is 1.80 bits per heavy atom. The first-order valence-electron chi connectivity index (χ1n) is 5.98. The smallest absolute Gasteiger partial charge is 0.272 e. The van der Waals surface area contributed by atoms with Crippen LogP contribution in [0.3, 0.4) is 0 Å². The summed E-state index contributed by atoms with van der Waals surface area (Å²) in [7, 11) is 0. The molecule has 0 saturated heterocycles. The van der Waals surface area contributed by atoms with Gasteiger partial charge in [0.05, 0.1) is 16.7 Å². The SMILES string of the molecule is O=[N+]([O-])c1ccc(NCCc2ccc(F)cc2)c(F)c1. The monoisotopic (exact) mass is 278 g/mol. The molecule has 0 aliphatic heterocycles. The lowest BCUT2D eigenvalue weighted by molar-refractivity contribution is -0.385. The first-order chi connectivity index (χ1) is 9.56. The summed E-state index contributed by atoms with van der Waals surface area (Å²) in [6, 6.07) is 9.48. The summed E-state index contributed by atoms with van der Waals surface area (Å²) in [6.07, 6.45) is 0.594. The largest absolute Gasteiger partial charge is 0.382 e. The van der Waals surface area contributed by atoms with Crippen LogP contribution in [-0.4, -0.2) is 11.5 Å². The van der Waals surface area contributed by atoms with Crippen LogP contribution in [0.15, 0.2) is 42.5 Å². The first kappa shape index (κ1) is 13.9. The van der Waals surface area contributed by atoms with Gasteiger partial charge in [-0.25, -0.2) is 8.78 Å². The molecule has 0 unspecified atom stereocenters. The number of benzene rings is 2. The van der Waals surface area contributed by atoms with Crippen LogP contribution in [0.4, 0.5) is 20.2 Å². The number of nitro benzene ring substituents is 1. The molecule has 2 aromatic carbocycles. The second-order valence-corrected chi connectivity index (χ2v) is 4.22. The number of nitrogens with zero attached hydrogens (tertiary/aromatic N) is 1. The topological polar surface area (TPSA) is 55.2 Å². The van der Waals surface area contributed by atoms with E-state index in [0.29, 0.717) is 13.0 Å². The maximum absolute atomic E-state index is 13.6. The van der Waals surface area contributed by atoms with Gasteiger partial charge in [0.15, 0.2) is 5.82 Å². The highest BCUT2D eigenvalue weighted by molar-refractivity contribution is 5.50. The van der Waals surface area contributed by atoms with Crippen molar-refractivity contribution in [3.8, 4) is 0 Å². The molecule has 0 spiro atoms. The Balaban J connectivity index is 1.94. The minimum absolute atomic E-state index is 0.206. The van der Waals surface area contributed by atoms with Gasteiger partial charge in [0, 0.05) is 12.6 Å². The van der Waals surface area contributed by atoms with Gasteiger partial charge in [0.1, 0.15) is 5.82 Å². The zero-order chi connectivity index (χ0) is 14.5. The Morgan fingerprint density at radius 1 is 1.10 bits per heavy atom. The van der Waals surface area contributed by atoms with Crippen LogP contribution in [0.25, 0.3) is 0 Å². The average Bonchev–Trinajstić information content (AvgIpc) is 2.42. The molecule has 104 valence electrons. The first-order valence-corrected chi connectivity index (χ1v) is 5.98. The molecule has 0 saturated carbocycles. The van der Waals surface area contributed by atoms with E-state index in [1.54, 1.807) is 12.1 Å². The molecule has 1 N–H and O–H groups in total. The van der Waals surface area contributed by atoms with Crippen molar-refractivity contribution in [1.82, 2.24) is 0 Å². The second-order valence-electron chi connectivity index (χ2n) is 4.22. The van der Waals surface area contributed by atoms with Gasteiger partial charge < -0.3 is 5.32 Å². The molecule has 0 fully saturated rings. The molecule has 0 radical (unpaired) electrons. The van der Waals surface area contributed by atoms with Crippen LogP contribution in [0.2, 0.25) is 0 Å². The van der Waals surface area contributed by atoms with Gasteiger partial charge in [-0.3, -0.25) is 10.1 Å². The Kier molecular flexibility index (Phi) is 4.24. The number of nitro groups is 1. The van der Waals surface area contributed by atoms with E-state index in [0.717, 1.165) is 11.6 Å². The fourth-order valence-electron chi connectivity index (χ4n) is 1.75. The predicted molar refractivity (Wildman–Crippen MR) is 71.6 cm³/mol. The fraction of sp³-hybridized carbons (Fsp3) is 0.143. The van der Waals surface area contributed by atoms with Crippen LogP contribution in [0.5, 0.6) is 0 Å². The van der Waals surface area contributed by atoms with Crippen LogP contribution in [0.1, 0.15) is 5.56 Å². The fourth-order valence-corrected chi connectivity index (χ4v) is 1.75. The van der Waals surface area contributed by atoms with Crippen molar-refractivity contribution in [3.05, 3.63) is 69.8 Å². The Hall–Kier alpha value is -2.50. The number of hydrogen-bond acceptors (Lipinski definition) is 3. The Labute approximate surface area is 114 Å². The van der Waals surface area contributed by atoms with Crippen molar-refractivity contribution in [2.24, 2.45) is 0 Å². The highest BCUT2D eigenvalue weighted by Gasteiger charge is 2.10. The molecule has 0 atom stereocenters. The van der Waals surface area contributed by atoms with Crippen molar-refractivity contribution < 1.29 is 13.7 Å². The van der Waals surface area contributed by atoms with Crippen molar-refractivity contribution in [3.63, 3.8) is 0 Å². The summed E-state index contributed by atoms with van der Waals surface area (Å²) in [6.45, 7) is 0.445. The number of hydrogen-bond donors (Lipinski definition) is 1. The minimum Gasteiger partial charge on any atom is -0.382 e. The zero-order valence-corrected chi connectivity index (χ0v) is 10.5. The van der Waals surface area contributed by atoms with Crippen LogP contribution in [0, 0.1) is 21.7 Å². The molecule has 4 nitrogen and oxygen atoms in total. The molecule has 0 amide bonds. The molecule has 0 aliphatic rings. The number of halogens is 2. The molecular formula is C14H12F2N2O2. The normalized spacial score (nSPS) is 10.3. The third-order valence-corrected chi connectivity index (χ3v) is 2.81. The molecule has 2 rings (SSSR count). The van der Waals surface area contributed by atoms with Gasteiger partial charge in [-0.1, -0.05) is 12.1 Å². The summed E-state index contributed by atoms with van der Waals surface area (Å²) >= 11 is 0. The molecule has 0 aliphatic carbocycles. The minimum atomic E-state index is -0.668. The molecule has 0 heterocycles. The van der Waals surface area contributed by atoms with E-state index in [9.17, 15) is 18.9 Å². The van der Waals surface area contributed by atoms with Crippen LogP contribution < -0.4 is 5.32 Å². The quantitative estimate of drug-likeness (QED) is 0.672. The Bertz CT molecular complexity index is 615. The molecular weight excluding hydrogens is 266 g/mol. The zero-order valence-electron chi connectivity index (χ0n) is 10.5. The number of nitrogens with one attached hydrogen (secondary N) is 1. The van der Waals surface area contributed by atoms with Crippen molar-refractivity contribution in [1.29, 1.82) is 0 Å². The van der Waals surface area contributed by atoms with E-state index in [1.807, 2.05) is 0 Å². The van der Waals surface area contributed by atoms with Gasteiger partial charge in [-0.05, 0) is 30.2 Å².